The lowest BCUT2D eigenvalue weighted by atomic mass is 9.96. The molecule has 3 rings (SSSR count). The largest absolute Gasteiger partial charge is 0.344 e. The molecule has 0 radical (unpaired) electrons. The van der Waals surface area contributed by atoms with Crippen LogP contribution in [0, 0.1) is 0 Å². The Balaban J connectivity index is 1.75. The van der Waals surface area contributed by atoms with E-state index in [0.29, 0.717) is 12.0 Å². The molecular weight excluding hydrogens is 224 g/mol. The van der Waals surface area contributed by atoms with Crippen molar-refractivity contribution in [2.45, 2.75) is 51.6 Å². The molecule has 0 bridgehead atoms. The zero-order chi connectivity index (χ0) is 12.5. The van der Waals surface area contributed by atoms with Crippen LogP contribution in [-0.2, 0) is 13.0 Å². The van der Waals surface area contributed by atoms with E-state index < -0.39 is 0 Å². The van der Waals surface area contributed by atoms with Crippen LogP contribution < -0.4 is 5.32 Å². The van der Waals surface area contributed by atoms with Crippen molar-refractivity contribution in [3.8, 4) is 0 Å². The normalized spacial score (nSPS) is 25.4. The highest BCUT2D eigenvalue weighted by molar-refractivity contribution is 5.19. The second-order valence-electron chi connectivity index (χ2n) is 5.90. The van der Waals surface area contributed by atoms with Crippen LogP contribution in [0.1, 0.15) is 49.8 Å². The molecule has 0 aromatic carbocycles. The van der Waals surface area contributed by atoms with E-state index in [0.717, 1.165) is 26.1 Å². The summed E-state index contributed by atoms with van der Waals surface area (Å²) in [4.78, 5) is 11.0. The Morgan fingerprint density at radius 1 is 1.39 bits per heavy atom. The minimum absolute atomic E-state index is 0.603. The summed E-state index contributed by atoms with van der Waals surface area (Å²) in [7, 11) is 0. The Kier molecular flexibility index (Phi) is 3.39. The van der Waals surface area contributed by atoms with Crippen molar-refractivity contribution in [2.24, 2.45) is 0 Å². The molecule has 1 saturated heterocycles. The maximum Gasteiger partial charge on any atom is 0.111 e. The summed E-state index contributed by atoms with van der Waals surface area (Å²) < 4.78 is 0. The lowest BCUT2D eigenvalue weighted by molar-refractivity contribution is 0.165. The third-order valence-corrected chi connectivity index (χ3v) is 4.29. The smallest absolute Gasteiger partial charge is 0.111 e. The molecule has 1 aromatic heterocycles. The van der Waals surface area contributed by atoms with Gasteiger partial charge in [-0.3, -0.25) is 0 Å². The number of nitrogens with one attached hydrogen (secondary N) is 2. The average molecular weight is 248 g/mol. The van der Waals surface area contributed by atoms with Gasteiger partial charge in [0.1, 0.15) is 5.82 Å². The Morgan fingerprint density at radius 3 is 3.06 bits per heavy atom. The molecule has 18 heavy (non-hydrogen) atoms. The van der Waals surface area contributed by atoms with Gasteiger partial charge in [0.25, 0.3) is 0 Å². The predicted octanol–water partition coefficient (Wildman–Crippen LogP) is 1.64. The highest BCUT2D eigenvalue weighted by Gasteiger charge is 2.26. The Morgan fingerprint density at radius 2 is 2.28 bits per heavy atom. The van der Waals surface area contributed by atoms with Crippen LogP contribution in [0.15, 0.2) is 0 Å². The number of aromatic amines is 1. The Bertz CT molecular complexity index is 386. The summed E-state index contributed by atoms with van der Waals surface area (Å²) in [6.07, 6.45) is 3.65. The average Bonchev–Trinajstić information content (AvgIpc) is 2.82. The van der Waals surface area contributed by atoms with Crippen LogP contribution in [0.25, 0.3) is 0 Å². The third kappa shape index (κ3) is 2.31. The second kappa shape index (κ2) is 5.02. The highest BCUT2D eigenvalue weighted by atomic mass is 15.2. The summed E-state index contributed by atoms with van der Waals surface area (Å²) in [6, 6.07) is 0.652. The third-order valence-electron chi connectivity index (χ3n) is 4.29. The quantitative estimate of drug-likeness (QED) is 0.836. The van der Waals surface area contributed by atoms with Gasteiger partial charge in [0.15, 0.2) is 0 Å². The van der Waals surface area contributed by atoms with Crippen molar-refractivity contribution in [2.75, 3.05) is 19.6 Å². The molecule has 4 heteroatoms. The molecule has 0 spiro atoms. The summed E-state index contributed by atoms with van der Waals surface area (Å²) in [6.45, 7) is 9.02. The number of hydrogen-bond donors (Lipinski definition) is 2. The molecule has 2 aliphatic rings. The van der Waals surface area contributed by atoms with Gasteiger partial charge in [-0.1, -0.05) is 0 Å². The molecule has 3 heterocycles. The van der Waals surface area contributed by atoms with Gasteiger partial charge < -0.3 is 15.2 Å². The van der Waals surface area contributed by atoms with Crippen molar-refractivity contribution in [1.82, 2.24) is 20.2 Å². The molecule has 2 N–H and O–H groups in total. The van der Waals surface area contributed by atoms with E-state index >= 15 is 0 Å². The van der Waals surface area contributed by atoms with Gasteiger partial charge in [-0.15, -0.1) is 0 Å². The first kappa shape index (κ1) is 12.2. The van der Waals surface area contributed by atoms with E-state index in [1.807, 2.05) is 0 Å². The van der Waals surface area contributed by atoms with Crippen molar-refractivity contribution in [1.29, 1.82) is 0 Å². The van der Waals surface area contributed by atoms with Crippen LogP contribution in [0.2, 0.25) is 0 Å². The van der Waals surface area contributed by atoms with Gasteiger partial charge in [0.05, 0.1) is 11.4 Å². The van der Waals surface area contributed by atoms with Crippen molar-refractivity contribution >= 4 is 0 Å². The minimum Gasteiger partial charge on any atom is -0.344 e. The van der Waals surface area contributed by atoms with Crippen molar-refractivity contribution in [3.63, 3.8) is 0 Å². The van der Waals surface area contributed by atoms with Gasteiger partial charge in [-0.25, -0.2) is 4.98 Å². The number of imidazole rings is 1. The lowest BCUT2D eigenvalue weighted by Crippen LogP contribution is -2.39. The highest BCUT2D eigenvalue weighted by Crippen LogP contribution is 2.27. The van der Waals surface area contributed by atoms with Crippen LogP contribution in [0.3, 0.4) is 0 Å². The number of hydrogen-bond acceptors (Lipinski definition) is 3. The molecule has 4 nitrogen and oxygen atoms in total. The van der Waals surface area contributed by atoms with Crippen molar-refractivity contribution in [3.05, 3.63) is 17.2 Å². The maximum absolute atomic E-state index is 4.85. The Hall–Kier alpha value is -0.870. The van der Waals surface area contributed by atoms with Gasteiger partial charge in [-0.05, 0) is 33.2 Å². The number of fused-ring (bicyclic) bond motifs is 1. The van der Waals surface area contributed by atoms with E-state index in [2.05, 4.69) is 29.0 Å². The number of rotatable bonds is 2. The molecule has 0 saturated carbocycles. The molecule has 1 unspecified atom stereocenters. The zero-order valence-electron chi connectivity index (χ0n) is 11.5. The van der Waals surface area contributed by atoms with Gasteiger partial charge in [0, 0.05) is 38.0 Å². The first-order valence-corrected chi connectivity index (χ1v) is 7.26. The number of aromatic nitrogens is 2. The Labute approximate surface area is 109 Å². The first-order chi connectivity index (χ1) is 8.74. The second-order valence-corrected chi connectivity index (χ2v) is 5.90. The SMILES string of the molecule is CC(C)N1CCCC(c2nc3c([nH]2)CNCC3)C1. The number of piperidine rings is 1. The standard InChI is InChI=1S/C14H24N4/c1-10(2)18-7-3-4-11(9-18)14-16-12-5-6-15-8-13(12)17-14/h10-11,15H,3-9H2,1-2H3,(H,16,17). The monoisotopic (exact) mass is 248 g/mol. The minimum atomic E-state index is 0.603. The number of likely N-dealkylation sites (tertiary alicyclic amines) is 1. The molecule has 2 aliphatic heterocycles. The van der Waals surface area contributed by atoms with Crippen LogP contribution in [0.5, 0.6) is 0 Å². The number of nitrogens with zero attached hydrogens (tertiary/aromatic N) is 2. The topological polar surface area (TPSA) is 44.0 Å². The molecule has 1 atom stereocenters. The van der Waals surface area contributed by atoms with Crippen molar-refractivity contribution < 1.29 is 0 Å². The van der Waals surface area contributed by atoms with E-state index in [1.54, 1.807) is 0 Å². The van der Waals surface area contributed by atoms with Crippen LogP contribution in [-0.4, -0.2) is 40.5 Å². The van der Waals surface area contributed by atoms with E-state index in [1.165, 1.54) is 36.6 Å². The van der Waals surface area contributed by atoms with E-state index in [-0.39, 0.29) is 0 Å². The van der Waals surface area contributed by atoms with E-state index in [9.17, 15) is 0 Å². The predicted molar refractivity (Wildman–Crippen MR) is 72.7 cm³/mol. The maximum atomic E-state index is 4.85. The summed E-state index contributed by atoms with van der Waals surface area (Å²) in [5.74, 6) is 1.83. The molecule has 100 valence electrons. The van der Waals surface area contributed by atoms with E-state index in [4.69, 9.17) is 4.98 Å². The number of H-pyrrole nitrogens is 1. The van der Waals surface area contributed by atoms with Gasteiger partial charge in [0.2, 0.25) is 0 Å². The molecule has 1 fully saturated rings. The fourth-order valence-electron chi connectivity index (χ4n) is 3.13. The van der Waals surface area contributed by atoms with Crippen LogP contribution in [0.4, 0.5) is 0 Å². The summed E-state index contributed by atoms with van der Waals surface area (Å²) >= 11 is 0. The van der Waals surface area contributed by atoms with Gasteiger partial charge >= 0.3 is 0 Å². The fraction of sp³-hybridized carbons (Fsp3) is 0.786. The van der Waals surface area contributed by atoms with Gasteiger partial charge in [-0.2, -0.15) is 0 Å². The summed E-state index contributed by atoms with van der Waals surface area (Å²) in [5, 5.41) is 3.40. The zero-order valence-corrected chi connectivity index (χ0v) is 11.5. The first-order valence-electron chi connectivity index (χ1n) is 7.26. The lowest BCUT2D eigenvalue weighted by Gasteiger charge is -2.34. The fourth-order valence-corrected chi connectivity index (χ4v) is 3.13. The summed E-state index contributed by atoms with van der Waals surface area (Å²) in [5.41, 5.74) is 2.61. The molecular formula is C14H24N4. The van der Waals surface area contributed by atoms with Crippen LogP contribution >= 0.6 is 0 Å². The molecule has 1 aromatic rings. The molecule has 0 aliphatic carbocycles. The molecule has 0 amide bonds.